The van der Waals surface area contributed by atoms with Crippen molar-refractivity contribution < 1.29 is 18.7 Å². The van der Waals surface area contributed by atoms with Crippen LogP contribution in [0.15, 0.2) is 24.3 Å². The molecule has 1 saturated heterocycles. The van der Waals surface area contributed by atoms with Gasteiger partial charge in [-0.1, -0.05) is 19.1 Å². The summed E-state index contributed by atoms with van der Waals surface area (Å²) in [5, 5.41) is 2.79. The molecule has 0 bridgehead atoms. The summed E-state index contributed by atoms with van der Waals surface area (Å²) in [6, 6.07) is 6.34. The maximum atomic E-state index is 13.4. The van der Waals surface area contributed by atoms with Crippen LogP contribution in [0.2, 0.25) is 0 Å². The molecular weight excluding hydrogens is 347 g/mol. The van der Waals surface area contributed by atoms with Crippen LogP contribution >= 0.6 is 0 Å². The Morgan fingerprint density at radius 1 is 1.33 bits per heavy atom. The summed E-state index contributed by atoms with van der Waals surface area (Å²) in [7, 11) is 0. The van der Waals surface area contributed by atoms with Crippen molar-refractivity contribution in [1.82, 2.24) is 10.2 Å². The van der Waals surface area contributed by atoms with E-state index in [2.05, 4.69) is 5.32 Å². The molecule has 0 aromatic heterocycles. The summed E-state index contributed by atoms with van der Waals surface area (Å²) < 4.78 is 18.7. The highest BCUT2D eigenvalue weighted by Gasteiger charge is 2.30. The normalized spacial score (nSPS) is 18.7. The van der Waals surface area contributed by atoms with E-state index in [9.17, 15) is 14.0 Å². The van der Waals surface area contributed by atoms with E-state index in [1.165, 1.54) is 12.1 Å². The molecule has 1 heterocycles. The smallest absolute Gasteiger partial charge is 0.407 e. The predicted molar refractivity (Wildman–Crippen MR) is 103 cm³/mol. The van der Waals surface area contributed by atoms with Crippen LogP contribution in [0.1, 0.15) is 52.5 Å². The summed E-state index contributed by atoms with van der Waals surface area (Å²) in [5.74, 6) is -0.478. The lowest BCUT2D eigenvalue weighted by Crippen LogP contribution is -2.51. The molecule has 1 aromatic rings. The Morgan fingerprint density at radius 3 is 2.74 bits per heavy atom. The van der Waals surface area contributed by atoms with E-state index >= 15 is 0 Å². The van der Waals surface area contributed by atoms with Crippen molar-refractivity contribution >= 4 is 12.0 Å². The fourth-order valence-electron chi connectivity index (χ4n) is 3.41. The summed E-state index contributed by atoms with van der Waals surface area (Å²) in [5.41, 5.74) is 0.266. The van der Waals surface area contributed by atoms with Crippen molar-refractivity contribution in [3.63, 3.8) is 0 Å². The molecule has 0 spiro atoms. The fourth-order valence-corrected chi connectivity index (χ4v) is 3.41. The Kier molecular flexibility index (Phi) is 7.22. The van der Waals surface area contributed by atoms with Crippen LogP contribution in [-0.2, 0) is 16.0 Å². The van der Waals surface area contributed by atoms with E-state index in [1.54, 1.807) is 6.07 Å². The molecule has 27 heavy (non-hydrogen) atoms. The van der Waals surface area contributed by atoms with Crippen molar-refractivity contribution in [2.75, 3.05) is 13.1 Å². The number of hydrogen-bond donors (Lipinski definition) is 1. The van der Waals surface area contributed by atoms with Gasteiger partial charge in [0, 0.05) is 25.0 Å². The number of halogens is 1. The average Bonchev–Trinajstić information content (AvgIpc) is 2.58. The molecule has 0 radical (unpaired) electrons. The largest absolute Gasteiger partial charge is 0.444 e. The molecule has 1 fully saturated rings. The van der Waals surface area contributed by atoms with Gasteiger partial charge in [-0.05, 0) is 64.2 Å². The Morgan fingerprint density at radius 2 is 2.07 bits per heavy atom. The second kappa shape index (κ2) is 9.20. The third-order valence-electron chi connectivity index (χ3n) is 4.64. The van der Waals surface area contributed by atoms with Gasteiger partial charge in [-0.2, -0.15) is 0 Å². The maximum Gasteiger partial charge on any atom is 0.407 e. The van der Waals surface area contributed by atoms with Crippen molar-refractivity contribution in [1.29, 1.82) is 0 Å². The van der Waals surface area contributed by atoms with Crippen LogP contribution in [0.3, 0.4) is 0 Å². The van der Waals surface area contributed by atoms with E-state index in [-0.39, 0.29) is 23.7 Å². The standard InChI is InChI=1S/C21H31FN2O3/c1-15(12-16-8-7-9-17(22)13-16)19(25)24-11-6-5-10-18(24)14-23-20(26)27-21(2,3)4/h7-9,13,15,18H,5-6,10-12,14H2,1-4H3,(H,23,26). The fraction of sp³-hybridized carbons (Fsp3) is 0.619. The topological polar surface area (TPSA) is 58.6 Å². The van der Waals surface area contributed by atoms with Gasteiger partial charge in [0.2, 0.25) is 5.91 Å². The van der Waals surface area contributed by atoms with Gasteiger partial charge in [0.25, 0.3) is 0 Å². The molecule has 2 unspecified atom stereocenters. The molecule has 0 aliphatic carbocycles. The summed E-state index contributed by atoms with van der Waals surface area (Å²) in [4.78, 5) is 26.7. The summed E-state index contributed by atoms with van der Waals surface area (Å²) in [6.07, 6.45) is 2.88. The number of nitrogens with one attached hydrogen (secondary N) is 1. The molecular formula is C21H31FN2O3. The van der Waals surface area contributed by atoms with Crippen molar-refractivity contribution in [3.8, 4) is 0 Å². The Bertz CT molecular complexity index is 657. The average molecular weight is 378 g/mol. The monoisotopic (exact) mass is 378 g/mol. The lowest BCUT2D eigenvalue weighted by atomic mass is 9.95. The first-order valence-electron chi connectivity index (χ1n) is 9.67. The van der Waals surface area contributed by atoms with Crippen LogP contribution in [-0.4, -0.2) is 41.6 Å². The van der Waals surface area contributed by atoms with Crippen molar-refractivity contribution in [3.05, 3.63) is 35.6 Å². The third-order valence-corrected chi connectivity index (χ3v) is 4.64. The van der Waals surface area contributed by atoms with Crippen LogP contribution in [0.25, 0.3) is 0 Å². The van der Waals surface area contributed by atoms with Gasteiger partial charge in [-0.15, -0.1) is 0 Å². The number of ether oxygens (including phenoxy) is 1. The van der Waals surface area contributed by atoms with Crippen molar-refractivity contribution in [2.24, 2.45) is 5.92 Å². The molecule has 1 aliphatic rings. The highest BCUT2D eigenvalue weighted by molar-refractivity contribution is 5.79. The minimum atomic E-state index is -0.550. The zero-order valence-corrected chi connectivity index (χ0v) is 16.8. The van der Waals surface area contributed by atoms with Crippen LogP contribution in [0.5, 0.6) is 0 Å². The highest BCUT2D eigenvalue weighted by Crippen LogP contribution is 2.21. The Labute approximate surface area is 161 Å². The highest BCUT2D eigenvalue weighted by atomic mass is 19.1. The first kappa shape index (κ1) is 21.2. The van der Waals surface area contributed by atoms with Crippen LogP contribution in [0.4, 0.5) is 9.18 Å². The molecule has 1 N–H and O–H groups in total. The molecule has 2 rings (SSSR count). The molecule has 5 nitrogen and oxygen atoms in total. The maximum absolute atomic E-state index is 13.4. The SMILES string of the molecule is CC(Cc1cccc(F)c1)C(=O)N1CCCCC1CNC(=O)OC(C)(C)C. The molecule has 6 heteroatoms. The third kappa shape index (κ3) is 6.85. The zero-order valence-electron chi connectivity index (χ0n) is 16.8. The quantitative estimate of drug-likeness (QED) is 0.845. The number of benzene rings is 1. The second-order valence-electron chi connectivity index (χ2n) is 8.30. The number of likely N-dealkylation sites (tertiary alicyclic amines) is 1. The zero-order chi connectivity index (χ0) is 20.0. The first-order chi connectivity index (χ1) is 12.7. The minimum Gasteiger partial charge on any atom is -0.444 e. The van der Waals surface area contributed by atoms with E-state index in [1.807, 2.05) is 38.7 Å². The Balaban J connectivity index is 1.94. The van der Waals surface area contributed by atoms with E-state index < -0.39 is 11.7 Å². The number of alkyl carbamates (subject to hydrolysis) is 1. The molecule has 0 saturated carbocycles. The van der Waals surface area contributed by atoms with Gasteiger partial charge in [-0.25, -0.2) is 9.18 Å². The van der Waals surface area contributed by atoms with E-state index in [4.69, 9.17) is 4.74 Å². The van der Waals surface area contributed by atoms with Crippen LogP contribution < -0.4 is 5.32 Å². The van der Waals surface area contributed by atoms with E-state index in [0.717, 1.165) is 24.8 Å². The van der Waals surface area contributed by atoms with Crippen LogP contribution in [0, 0.1) is 11.7 Å². The minimum absolute atomic E-state index is 0.0336. The van der Waals surface area contributed by atoms with Gasteiger partial charge >= 0.3 is 6.09 Å². The number of amides is 2. The molecule has 1 aliphatic heterocycles. The molecule has 150 valence electrons. The van der Waals surface area contributed by atoms with Gasteiger partial charge < -0.3 is 15.0 Å². The van der Waals surface area contributed by atoms with E-state index in [0.29, 0.717) is 19.5 Å². The molecule has 1 aromatic carbocycles. The Hall–Kier alpha value is -2.11. The lowest BCUT2D eigenvalue weighted by Gasteiger charge is -2.37. The number of piperidine rings is 1. The van der Waals surface area contributed by atoms with Gasteiger partial charge in [0.05, 0.1) is 0 Å². The van der Waals surface area contributed by atoms with Gasteiger partial charge in [-0.3, -0.25) is 4.79 Å². The summed E-state index contributed by atoms with van der Waals surface area (Å²) in [6.45, 7) is 8.39. The number of rotatable bonds is 5. The number of carbonyl (C=O) groups is 2. The number of nitrogens with zero attached hydrogens (tertiary/aromatic N) is 1. The lowest BCUT2D eigenvalue weighted by molar-refractivity contribution is -0.138. The van der Waals surface area contributed by atoms with Gasteiger partial charge in [0.15, 0.2) is 0 Å². The van der Waals surface area contributed by atoms with Crippen molar-refractivity contribution in [2.45, 2.75) is 65.0 Å². The number of carbonyl (C=O) groups excluding carboxylic acids is 2. The molecule has 2 atom stereocenters. The predicted octanol–water partition coefficient (Wildman–Crippen LogP) is 3.91. The molecule has 2 amide bonds. The number of hydrogen-bond acceptors (Lipinski definition) is 3. The summed E-state index contributed by atoms with van der Waals surface area (Å²) >= 11 is 0. The second-order valence-corrected chi connectivity index (χ2v) is 8.30. The van der Waals surface area contributed by atoms with Gasteiger partial charge in [0.1, 0.15) is 11.4 Å². The first-order valence-corrected chi connectivity index (χ1v) is 9.67.